The van der Waals surface area contributed by atoms with E-state index in [4.69, 9.17) is 10.8 Å². The summed E-state index contributed by atoms with van der Waals surface area (Å²) in [5.41, 5.74) is 7.92. The molecule has 0 amide bonds. The molecule has 0 fully saturated rings. The normalized spacial score (nSPS) is 14.0. The standard InChI is InChI=1S/C14H21F4NOS2/c1-8(2)11-5-10(6-12(9(3)4)13(11)19)7-22(16,17,18)21-14(15)20/h5-6,8-9,20H,7,19H2,1-4H3. The lowest BCUT2D eigenvalue weighted by Gasteiger charge is -2.23. The van der Waals surface area contributed by atoms with E-state index in [1.165, 1.54) is 12.1 Å². The van der Waals surface area contributed by atoms with Crippen molar-refractivity contribution < 1.29 is 21.2 Å². The van der Waals surface area contributed by atoms with Gasteiger partial charge in [-0.3, -0.25) is 0 Å². The van der Waals surface area contributed by atoms with Gasteiger partial charge in [0.15, 0.2) is 8.88 Å². The van der Waals surface area contributed by atoms with Gasteiger partial charge in [0.2, 0.25) is 0 Å². The van der Waals surface area contributed by atoms with Crippen LogP contribution < -0.4 is 5.73 Å². The van der Waals surface area contributed by atoms with Crippen LogP contribution in [0.4, 0.5) is 21.7 Å². The summed E-state index contributed by atoms with van der Waals surface area (Å²) >= 11 is 0. The molecule has 0 saturated heterocycles. The molecule has 0 aliphatic carbocycles. The van der Waals surface area contributed by atoms with Crippen molar-refractivity contribution in [3.05, 3.63) is 28.8 Å². The van der Waals surface area contributed by atoms with Crippen LogP contribution >= 0.6 is 0 Å². The van der Waals surface area contributed by atoms with Gasteiger partial charge in [-0.1, -0.05) is 39.8 Å². The molecule has 1 aromatic rings. The maximum atomic E-state index is 13.8. The average molecular weight is 359 g/mol. The highest BCUT2D eigenvalue weighted by Crippen LogP contribution is 2.40. The van der Waals surface area contributed by atoms with E-state index < -0.39 is 29.8 Å². The predicted octanol–water partition coefficient (Wildman–Crippen LogP) is 4.97. The van der Waals surface area contributed by atoms with Gasteiger partial charge >= 0.3 is 0 Å². The van der Waals surface area contributed by atoms with Crippen molar-refractivity contribution in [2.75, 3.05) is 5.73 Å². The summed E-state index contributed by atoms with van der Waals surface area (Å²) in [4.78, 5) is 0. The molecular weight excluding hydrogens is 338 g/mol. The highest BCUT2D eigenvalue weighted by atomic mass is 32.9. The Morgan fingerprint density at radius 3 is 1.86 bits per heavy atom. The largest absolute Gasteiger partial charge is 0.398 e. The summed E-state index contributed by atoms with van der Waals surface area (Å²) < 4.78 is 53.6. The fourth-order valence-corrected chi connectivity index (χ4v) is 4.55. The van der Waals surface area contributed by atoms with Crippen LogP contribution in [-0.4, -0.2) is 10.4 Å². The van der Waals surface area contributed by atoms with Crippen LogP contribution in [0.5, 0.6) is 0 Å². The number of hydrogen-bond acceptors (Lipinski definition) is 1. The second kappa shape index (κ2) is 6.33. The van der Waals surface area contributed by atoms with Gasteiger partial charge in [0.25, 0.3) is 5.30 Å². The third-order valence-electron chi connectivity index (χ3n) is 3.16. The van der Waals surface area contributed by atoms with Crippen LogP contribution in [0.1, 0.15) is 56.2 Å². The summed E-state index contributed by atoms with van der Waals surface area (Å²) in [5.74, 6) is -1.29. The number of halogens is 4. The van der Waals surface area contributed by atoms with E-state index in [1.807, 2.05) is 27.7 Å². The van der Waals surface area contributed by atoms with Crippen LogP contribution in [0.15, 0.2) is 12.1 Å². The van der Waals surface area contributed by atoms with Crippen molar-refractivity contribution >= 4 is 29.8 Å². The monoisotopic (exact) mass is 359 g/mol. The highest BCUT2D eigenvalue weighted by molar-refractivity contribution is 8.47. The number of aliphatic hydroxyl groups is 1. The van der Waals surface area contributed by atoms with Crippen LogP contribution in [0.2, 0.25) is 0 Å². The van der Waals surface area contributed by atoms with E-state index in [0.717, 1.165) is 0 Å². The molecule has 0 aromatic heterocycles. The lowest BCUT2D eigenvalue weighted by Crippen LogP contribution is -2.17. The van der Waals surface area contributed by atoms with Crippen molar-refractivity contribution in [3.8, 4) is 0 Å². The maximum Gasteiger partial charge on any atom is 0.293 e. The van der Waals surface area contributed by atoms with E-state index in [0.29, 0.717) is 16.8 Å². The number of anilines is 1. The Morgan fingerprint density at radius 2 is 1.55 bits per heavy atom. The second-order valence-corrected chi connectivity index (χ2v) is 10.5. The predicted molar refractivity (Wildman–Crippen MR) is 89.5 cm³/mol. The van der Waals surface area contributed by atoms with Crippen molar-refractivity contribution in [1.82, 2.24) is 0 Å². The number of aliphatic hydroxyl groups excluding tert-OH is 1. The first kappa shape index (κ1) is 19.2. The maximum absolute atomic E-state index is 13.8. The quantitative estimate of drug-likeness (QED) is 0.345. The summed E-state index contributed by atoms with van der Waals surface area (Å²) in [6.07, 6.45) is 0. The number of hydrogen-bond donors (Lipinski definition) is 2. The summed E-state index contributed by atoms with van der Waals surface area (Å²) in [7, 11) is -7.67. The minimum Gasteiger partial charge on any atom is -0.398 e. The molecule has 0 aliphatic rings. The number of nitrogens with two attached hydrogens (primary N) is 1. The van der Waals surface area contributed by atoms with Crippen LogP contribution in [0.3, 0.4) is 0 Å². The van der Waals surface area contributed by atoms with Crippen molar-refractivity contribution in [2.45, 2.75) is 45.3 Å². The van der Waals surface area contributed by atoms with Crippen LogP contribution in [0.25, 0.3) is 0 Å². The molecule has 2 nitrogen and oxygen atoms in total. The Bertz CT molecular complexity index is 644. The Kier molecular flexibility index (Phi) is 5.52. The molecule has 128 valence electrons. The Labute approximate surface area is 131 Å². The highest BCUT2D eigenvalue weighted by Gasteiger charge is 2.32. The van der Waals surface area contributed by atoms with E-state index in [-0.39, 0.29) is 17.4 Å². The first-order chi connectivity index (χ1) is 9.80. The van der Waals surface area contributed by atoms with Crippen LogP contribution in [0, 0.1) is 0 Å². The minimum absolute atomic E-state index is 0.0200. The van der Waals surface area contributed by atoms with E-state index in [2.05, 4.69) is 0 Å². The van der Waals surface area contributed by atoms with Gasteiger partial charge < -0.3 is 10.8 Å². The lowest BCUT2D eigenvalue weighted by atomic mass is 9.91. The first-order valence-corrected chi connectivity index (χ1v) is 9.96. The van der Waals surface area contributed by atoms with Gasteiger partial charge in [-0.15, -0.1) is 11.7 Å². The third kappa shape index (κ3) is 5.10. The number of benzene rings is 1. The van der Waals surface area contributed by atoms with E-state index in [9.17, 15) is 16.0 Å². The van der Waals surface area contributed by atoms with Crippen molar-refractivity contribution in [2.24, 2.45) is 0 Å². The lowest BCUT2D eigenvalue weighted by molar-refractivity contribution is 0.477. The van der Waals surface area contributed by atoms with E-state index in [1.54, 1.807) is 0 Å². The van der Waals surface area contributed by atoms with Gasteiger partial charge in [0.05, 0.1) is 5.75 Å². The van der Waals surface area contributed by atoms with Gasteiger partial charge in [-0.25, -0.2) is 0 Å². The van der Waals surface area contributed by atoms with Crippen molar-refractivity contribution in [1.29, 1.82) is 0 Å². The fourth-order valence-electron chi connectivity index (χ4n) is 2.22. The molecule has 0 radical (unpaired) electrons. The van der Waals surface area contributed by atoms with Crippen molar-refractivity contribution in [3.63, 3.8) is 0 Å². The SMILES string of the molecule is CC(C)c1cc(CS(F)(F)(F)=S=C(O)F)cc(C(C)C)c1N. The molecule has 0 atom stereocenters. The smallest absolute Gasteiger partial charge is 0.293 e. The molecule has 3 N–H and O–H groups in total. The number of rotatable bonds is 4. The van der Waals surface area contributed by atoms with Gasteiger partial charge in [0.1, 0.15) is 0 Å². The minimum atomic E-state index is -6.64. The molecule has 0 saturated carbocycles. The summed E-state index contributed by atoms with van der Waals surface area (Å²) in [5, 5.41) is 6.19. The Hall–Kier alpha value is -0.860. The summed E-state index contributed by atoms with van der Waals surface area (Å²) in [6.45, 7) is 7.42. The van der Waals surface area contributed by atoms with Gasteiger partial charge in [-0.2, -0.15) is 4.39 Å². The third-order valence-corrected chi connectivity index (χ3v) is 6.07. The number of nitrogen functional groups attached to an aromatic ring is 1. The Morgan fingerprint density at radius 1 is 1.14 bits per heavy atom. The molecule has 8 heteroatoms. The molecule has 0 unspecified atom stereocenters. The Balaban J connectivity index is 3.55. The molecule has 0 aliphatic heterocycles. The zero-order valence-electron chi connectivity index (χ0n) is 12.9. The molecule has 0 spiro atoms. The molecule has 1 rings (SSSR count). The zero-order chi connectivity index (χ0) is 17.3. The van der Waals surface area contributed by atoms with Crippen LogP contribution in [-0.2, 0) is 24.5 Å². The fraction of sp³-hybridized carbons (Fsp3) is 0.500. The topological polar surface area (TPSA) is 46.2 Å². The van der Waals surface area contributed by atoms with E-state index >= 15 is 0 Å². The molecule has 22 heavy (non-hydrogen) atoms. The molecule has 0 heterocycles. The van der Waals surface area contributed by atoms with Gasteiger partial charge in [0, 0.05) is 15.6 Å². The second-order valence-electron chi connectivity index (χ2n) is 5.79. The first-order valence-electron chi connectivity index (χ1n) is 6.72. The molecule has 0 bridgehead atoms. The zero-order valence-corrected chi connectivity index (χ0v) is 14.5. The molecular formula is C14H21F4NOS2. The average Bonchev–Trinajstić information content (AvgIpc) is 2.27. The molecule has 1 aromatic carbocycles. The van der Waals surface area contributed by atoms with Gasteiger partial charge in [-0.05, 0) is 28.5 Å². The summed E-state index contributed by atoms with van der Waals surface area (Å²) in [6, 6.07) is 2.85.